The van der Waals surface area contributed by atoms with Gasteiger partial charge in [0.25, 0.3) is 8.32 Å². The Morgan fingerprint density at radius 1 is 0.510 bits per heavy atom. The van der Waals surface area contributed by atoms with E-state index < -0.39 is 19.5 Å². The molecule has 51 heavy (non-hydrogen) atoms. The molecule has 4 aromatic rings. The van der Waals surface area contributed by atoms with Crippen LogP contribution in [0.4, 0.5) is 0 Å². The summed E-state index contributed by atoms with van der Waals surface area (Å²) >= 11 is 0. The average molecular weight is 711 g/mol. The molecule has 0 fully saturated rings. The van der Waals surface area contributed by atoms with Gasteiger partial charge in [0, 0.05) is 26.4 Å². The second-order valence-electron chi connectivity index (χ2n) is 15.9. The first-order valence-corrected chi connectivity index (χ1v) is 20.7. The molecule has 0 heterocycles. The van der Waals surface area contributed by atoms with Crippen LogP contribution < -0.4 is 10.4 Å². The Morgan fingerprint density at radius 3 is 1.22 bits per heavy atom. The maximum Gasteiger partial charge on any atom is 0.261 e. The first kappa shape index (κ1) is 40.7. The highest BCUT2D eigenvalue weighted by atomic mass is 28.4. The van der Waals surface area contributed by atoms with Crippen LogP contribution >= 0.6 is 0 Å². The molecule has 0 amide bonds. The van der Waals surface area contributed by atoms with Crippen LogP contribution in [0.3, 0.4) is 0 Å². The predicted octanol–water partition coefficient (Wildman–Crippen LogP) is 8.47. The SMILES string of the molecule is CC(C)(O)c1ccc(CCCOCCC(CCOCCCc2ccc(C(C)(C)O)cc2)O[Si](c2ccccc2)(c2ccccc2)C(C)(C)C)cc1. The van der Waals surface area contributed by atoms with Gasteiger partial charge in [-0.15, -0.1) is 0 Å². The minimum absolute atomic E-state index is 0.0277. The molecular formula is C45H62O5Si. The molecule has 0 saturated carbocycles. The van der Waals surface area contributed by atoms with Crippen molar-refractivity contribution in [1.82, 2.24) is 0 Å². The Bertz CT molecular complexity index is 1440. The topological polar surface area (TPSA) is 68.2 Å². The van der Waals surface area contributed by atoms with E-state index in [0.717, 1.165) is 49.7 Å². The summed E-state index contributed by atoms with van der Waals surface area (Å²) in [6.07, 6.45) is 5.30. The summed E-state index contributed by atoms with van der Waals surface area (Å²) in [7, 11) is -2.73. The number of hydrogen-bond acceptors (Lipinski definition) is 5. The van der Waals surface area contributed by atoms with Crippen molar-refractivity contribution in [2.24, 2.45) is 0 Å². The first-order valence-electron chi connectivity index (χ1n) is 18.8. The predicted molar refractivity (Wildman–Crippen MR) is 213 cm³/mol. The number of hydrogen-bond donors (Lipinski definition) is 2. The zero-order chi connectivity index (χ0) is 37.0. The van der Waals surface area contributed by atoms with Crippen molar-refractivity contribution in [1.29, 1.82) is 0 Å². The van der Waals surface area contributed by atoms with Crippen LogP contribution in [0.2, 0.25) is 5.04 Å². The summed E-state index contributed by atoms with van der Waals surface area (Å²) in [4.78, 5) is 0. The maximum absolute atomic E-state index is 10.3. The lowest BCUT2D eigenvalue weighted by Crippen LogP contribution is -2.67. The van der Waals surface area contributed by atoms with Gasteiger partial charge in [0.05, 0.1) is 17.3 Å². The fraction of sp³-hybridized carbons (Fsp3) is 0.467. The summed E-state index contributed by atoms with van der Waals surface area (Å²) in [5, 5.41) is 23.0. The lowest BCUT2D eigenvalue weighted by molar-refractivity contribution is 0.0565. The van der Waals surface area contributed by atoms with Crippen LogP contribution in [0.15, 0.2) is 109 Å². The number of benzene rings is 4. The summed E-state index contributed by atoms with van der Waals surface area (Å²) in [6.45, 7) is 16.9. The van der Waals surface area contributed by atoms with Crippen LogP contribution in [0.1, 0.15) is 96.4 Å². The van der Waals surface area contributed by atoms with E-state index in [2.05, 4.69) is 106 Å². The number of aryl methyl sites for hydroxylation is 2. The highest BCUT2D eigenvalue weighted by Gasteiger charge is 2.51. The van der Waals surface area contributed by atoms with E-state index >= 15 is 0 Å². The summed E-state index contributed by atoms with van der Waals surface area (Å²) < 4.78 is 20.0. The fourth-order valence-corrected chi connectivity index (χ4v) is 11.5. The second kappa shape index (κ2) is 18.6. The van der Waals surface area contributed by atoms with Crippen molar-refractivity contribution in [2.75, 3.05) is 26.4 Å². The molecule has 2 N–H and O–H groups in total. The quantitative estimate of drug-likeness (QED) is 0.0712. The van der Waals surface area contributed by atoms with Crippen LogP contribution in [0, 0.1) is 0 Å². The largest absolute Gasteiger partial charge is 0.404 e. The molecule has 0 atom stereocenters. The molecule has 4 aromatic carbocycles. The molecule has 0 spiro atoms. The zero-order valence-corrected chi connectivity index (χ0v) is 33.2. The van der Waals surface area contributed by atoms with Gasteiger partial charge in [0.15, 0.2) is 0 Å². The summed E-state index contributed by atoms with van der Waals surface area (Å²) in [5.74, 6) is 0. The number of rotatable bonds is 20. The normalized spacial score (nSPS) is 12.8. The smallest absolute Gasteiger partial charge is 0.261 e. The molecule has 0 bridgehead atoms. The average Bonchev–Trinajstić information content (AvgIpc) is 3.09. The minimum atomic E-state index is -2.73. The van der Waals surface area contributed by atoms with Gasteiger partial charge in [0.1, 0.15) is 0 Å². The molecular weight excluding hydrogens is 649 g/mol. The minimum Gasteiger partial charge on any atom is -0.404 e. The van der Waals surface area contributed by atoms with Gasteiger partial charge >= 0.3 is 0 Å². The summed E-state index contributed by atoms with van der Waals surface area (Å²) in [5.41, 5.74) is 2.70. The first-order chi connectivity index (χ1) is 24.2. The Balaban J connectivity index is 1.39. The standard InChI is InChI=1S/C45H62O5Si/c1-43(2,3)51(41-18-10-8-11-19-41,42-20-12-9-13-21-42)50-40(30-34-48-32-14-16-36-22-26-38(27-23-36)44(4,5)46)31-35-49-33-15-17-37-24-28-39(29-25-37)45(6,7)47/h8-13,18-29,40,46-47H,14-17,30-35H2,1-7H3. The lowest BCUT2D eigenvalue weighted by Gasteiger charge is -2.45. The van der Waals surface area contributed by atoms with Crippen molar-refractivity contribution in [3.63, 3.8) is 0 Å². The highest BCUT2D eigenvalue weighted by molar-refractivity contribution is 6.99. The van der Waals surface area contributed by atoms with E-state index in [9.17, 15) is 10.2 Å². The van der Waals surface area contributed by atoms with Gasteiger partial charge in [0.2, 0.25) is 0 Å². The second-order valence-corrected chi connectivity index (χ2v) is 20.2. The van der Waals surface area contributed by atoms with Gasteiger partial charge < -0.3 is 24.1 Å². The molecule has 0 aromatic heterocycles. The molecule has 0 aliphatic carbocycles. The molecule has 0 unspecified atom stereocenters. The van der Waals surface area contributed by atoms with Gasteiger partial charge in [-0.25, -0.2) is 0 Å². The van der Waals surface area contributed by atoms with Crippen molar-refractivity contribution in [3.8, 4) is 0 Å². The van der Waals surface area contributed by atoms with Crippen molar-refractivity contribution in [2.45, 2.75) is 109 Å². The van der Waals surface area contributed by atoms with Crippen LogP contribution in [0.5, 0.6) is 0 Å². The van der Waals surface area contributed by atoms with Gasteiger partial charge in [-0.2, -0.15) is 0 Å². The number of aliphatic hydroxyl groups is 2. The molecule has 6 heteroatoms. The van der Waals surface area contributed by atoms with E-state index in [0.29, 0.717) is 26.4 Å². The molecule has 5 nitrogen and oxygen atoms in total. The van der Waals surface area contributed by atoms with E-state index in [1.165, 1.54) is 21.5 Å². The van der Waals surface area contributed by atoms with E-state index in [1.54, 1.807) is 0 Å². The molecule has 276 valence electrons. The zero-order valence-electron chi connectivity index (χ0n) is 32.2. The summed E-state index contributed by atoms with van der Waals surface area (Å²) in [6, 6.07) is 38.2. The molecule has 0 saturated heterocycles. The van der Waals surface area contributed by atoms with Crippen molar-refractivity contribution in [3.05, 3.63) is 131 Å². The highest BCUT2D eigenvalue weighted by Crippen LogP contribution is 2.38. The molecule has 0 radical (unpaired) electrons. The maximum atomic E-state index is 10.3. The lowest BCUT2D eigenvalue weighted by atomic mass is 9.96. The third kappa shape index (κ3) is 12.0. The fourth-order valence-electron chi connectivity index (χ4n) is 6.75. The van der Waals surface area contributed by atoms with Crippen molar-refractivity contribution < 1.29 is 24.1 Å². The van der Waals surface area contributed by atoms with Gasteiger partial charge in [-0.05, 0) is 104 Å². The van der Waals surface area contributed by atoms with Crippen LogP contribution in [0.25, 0.3) is 0 Å². The van der Waals surface area contributed by atoms with Crippen LogP contribution in [-0.4, -0.2) is 51.1 Å². The third-order valence-corrected chi connectivity index (χ3v) is 14.8. The molecule has 4 rings (SSSR count). The van der Waals surface area contributed by atoms with Crippen molar-refractivity contribution >= 4 is 18.7 Å². The van der Waals surface area contributed by atoms with Crippen LogP contribution in [-0.2, 0) is 37.9 Å². The van der Waals surface area contributed by atoms with E-state index in [4.69, 9.17) is 13.9 Å². The monoisotopic (exact) mass is 710 g/mol. The Morgan fingerprint density at radius 2 is 0.882 bits per heavy atom. The Hall–Kier alpha value is -3.10. The Kier molecular flexibility index (Phi) is 14.8. The molecule has 0 aliphatic rings. The van der Waals surface area contributed by atoms with E-state index in [1.807, 2.05) is 52.0 Å². The number of ether oxygens (including phenoxy) is 2. The van der Waals surface area contributed by atoms with Gasteiger partial charge in [-0.1, -0.05) is 130 Å². The molecule has 0 aliphatic heterocycles. The van der Waals surface area contributed by atoms with E-state index in [-0.39, 0.29) is 11.1 Å². The Labute approximate surface area is 309 Å². The third-order valence-electron chi connectivity index (χ3n) is 9.76. The van der Waals surface area contributed by atoms with Gasteiger partial charge in [-0.3, -0.25) is 0 Å².